The van der Waals surface area contributed by atoms with Crippen molar-refractivity contribution < 1.29 is 4.79 Å². The zero-order valence-electron chi connectivity index (χ0n) is 6.74. The summed E-state index contributed by atoms with van der Waals surface area (Å²) in [5.41, 5.74) is 0. The van der Waals surface area contributed by atoms with E-state index in [-0.39, 0.29) is 0 Å². The molecule has 0 aromatic carbocycles. The summed E-state index contributed by atoms with van der Waals surface area (Å²) < 4.78 is 1.65. The maximum atomic E-state index is 10.8. The first-order valence-electron chi connectivity index (χ1n) is 3.57. The predicted octanol–water partition coefficient (Wildman–Crippen LogP) is 0.475. The summed E-state index contributed by atoms with van der Waals surface area (Å²) in [6.45, 7) is 2.63. The SMILES string of the molecule is C#CC(=O)Nc1ccnn1CC. The first kappa shape index (κ1) is 8.34. The molecule has 62 valence electrons. The highest BCUT2D eigenvalue weighted by molar-refractivity contribution is 6.02. The highest BCUT2D eigenvalue weighted by Gasteiger charge is 2.01. The fourth-order valence-corrected chi connectivity index (χ4v) is 0.843. The second-order valence-electron chi connectivity index (χ2n) is 2.13. The third-order valence-corrected chi connectivity index (χ3v) is 1.39. The summed E-state index contributed by atoms with van der Waals surface area (Å²) >= 11 is 0. The van der Waals surface area contributed by atoms with Crippen LogP contribution in [0.25, 0.3) is 0 Å². The number of hydrogen-bond acceptors (Lipinski definition) is 2. The molecule has 0 radical (unpaired) electrons. The minimum Gasteiger partial charge on any atom is -0.300 e. The highest BCUT2D eigenvalue weighted by atomic mass is 16.1. The van der Waals surface area contributed by atoms with Crippen LogP contribution in [0.5, 0.6) is 0 Å². The number of aromatic nitrogens is 2. The Kier molecular flexibility index (Phi) is 2.49. The molecule has 4 nitrogen and oxygen atoms in total. The molecule has 0 saturated carbocycles. The molecule has 1 N–H and O–H groups in total. The number of nitrogens with zero attached hydrogens (tertiary/aromatic N) is 2. The molecular formula is C8H9N3O. The summed E-state index contributed by atoms with van der Waals surface area (Å²) in [6.07, 6.45) is 6.50. The Morgan fingerprint density at radius 2 is 2.67 bits per heavy atom. The molecule has 1 amide bonds. The molecule has 0 aliphatic heterocycles. The first-order valence-corrected chi connectivity index (χ1v) is 3.57. The van der Waals surface area contributed by atoms with Crippen molar-refractivity contribution in [2.45, 2.75) is 13.5 Å². The maximum Gasteiger partial charge on any atom is 0.301 e. The molecule has 12 heavy (non-hydrogen) atoms. The van der Waals surface area contributed by atoms with E-state index < -0.39 is 5.91 Å². The van der Waals surface area contributed by atoms with Crippen LogP contribution in [0.3, 0.4) is 0 Å². The number of carbonyl (C=O) groups excluding carboxylic acids is 1. The number of aryl methyl sites for hydroxylation is 1. The number of carbonyl (C=O) groups is 1. The van der Waals surface area contributed by atoms with Gasteiger partial charge in [-0.2, -0.15) is 5.10 Å². The Hall–Kier alpha value is -1.76. The van der Waals surface area contributed by atoms with Crippen LogP contribution in [0.15, 0.2) is 12.3 Å². The smallest absolute Gasteiger partial charge is 0.300 e. The summed E-state index contributed by atoms with van der Waals surface area (Å²) in [5, 5.41) is 6.47. The summed E-state index contributed by atoms with van der Waals surface area (Å²) in [6, 6.07) is 1.69. The number of rotatable bonds is 2. The maximum absolute atomic E-state index is 10.8. The van der Waals surface area contributed by atoms with Crippen molar-refractivity contribution in [3.05, 3.63) is 12.3 Å². The summed E-state index contributed by atoms with van der Waals surface area (Å²) in [7, 11) is 0. The van der Waals surface area contributed by atoms with E-state index in [1.165, 1.54) is 0 Å². The number of amides is 1. The molecule has 0 unspecified atom stereocenters. The van der Waals surface area contributed by atoms with Gasteiger partial charge >= 0.3 is 5.91 Å². The van der Waals surface area contributed by atoms with Gasteiger partial charge < -0.3 is 0 Å². The van der Waals surface area contributed by atoms with Gasteiger partial charge in [-0.25, -0.2) is 4.68 Å². The lowest BCUT2D eigenvalue weighted by Gasteiger charge is -2.02. The quantitative estimate of drug-likeness (QED) is 0.644. The highest BCUT2D eigenvalue weighted by Crippen LogP contribution is 2.04. The lowest BCUT2D eigenvalue weighted by molar-refractivity contribution is -0.111. The zero-order valence-corrected chi connectivity index (χ0v) is 6.74. The number of anilines is 1. The van der Waals surface area contributed by atoms with Crippen molar-refractivity contribution in [1.29, 1.82) is 0 Å². The van der Waals surface area contributed by atoms with Crippen LogP contribution >= 0.6 is 0 Å². The lowest BCUT2D eigenvalue weighted by Crippen LogP contribution is -2.12. The van der Waals surface area contributed by atoms with Crippen molar-refractivity contribution in [2.75, 3.05) is 5.32 Å². The van der Waals surface area contributed by atoms with Crippen molar-refractivity contribution in [3.8, 4) is 12.3 Å². The normalized spacial score (nSPS) is 9.00. The molecular weight excluding hydrogens is 154 g/mol. The molecule has 0 fully saturated rings. The van der Waals surface area contributed by atoms with Crippen LogP contribution < -0.4 is 5.32 Å². The van der Waals surface area contributed by atoms with Crippen LogP contribution in [0.2, 0.25) is 0 Å². The molecule has 0 atom stereocenters. The van der Waals surface area contributed by atoms with E-state index in [0.717, 1.165) is 0 Å². The number of nitrogens with one attached hydrogen (secondary N) is 1. The van der Waals surface area contributed by atoms with Gasteiger partial charge in [0.2, 0.25) is 0 Å². The summed E-state index contributed by atoms with van der Waals surface area (Å²) in [5.74, 6) is 2.14. The van der Waals surface area contributed by atoms with E-state index in [9.17, 15) is 4.79 Å². The lowest BCUT2D eigenvalue weighted by atomic mass is 10.5. The van der Waals surface area contributed by atoms with Gasteiger partial charge in [-0.3, -0.25) is 10.1 Å². The van der Waals surface area contributed by atoms with Crippen LogP contribution in [0.1, 0.15) is 6.92 Å². The molecule has 0 saturated heterocycles. The molecule has 0 aliphatic carbocycles. The van der Waals surface area contributed by atoms with E-state index in [4.69, 9.17) is 6.42 Å². The molecule has 1 aromatic heterocycles. The third kappa shape index (κ3) is 1.64. The number of hydrogen-bond donors (Lipinski definition) is 1. The summed E-state index contributed by atoms with van der Waals surface area (Å²) in [4.78, 5) is 10.8. The van der Waals surface area contributed by atoms with E-state index in [0.29, 0.717) is 12.4 Å². The second kappa shape index (κ2) is 3.58. The molecule has 1 heterocycles. The van der Waals surface area contributed by atoms with Gasteiger partial charge in [-0.1, -0.05) is 0 Å². The predicted molar refractivity (Wildman–Crippen MR) is 45.4 cm³/mol. The molecule has 0 spiro atoms. The van der Waals surface area contributed by atoms with Crippen LogP contribution in [-0.4, -0.2) is 15.7 Å². The second-order valence-corrected chi connectivity index (χ2v) is 2.13. The Labute approximate surface area is 70.6 Å². The van der Waals surface area contributed by atoms with E-state index in [2.05, 4.69) is 10.4 Å². The van der Waals surface area contributed by atoms with Crippen molar-refractivity contribution >= 4 is 11.7 Å². The average Bonchev–Trinajstić information content (AvgIpc) is 2.51. The van der Waals surface area contributed by atoms with Gasteiger partial charge in [0.1, 0.15) is 5.82 Å². The van der Waals surface area contributed by atoms with Gasteiger partial charge in [0.15, 0.2) is 0 Å². The Balaban J connectivity index is 2.76. The molecule has 1 rings (SSSR count). The molecule has 1 aromatic rings. The largest absolute Gasteiger partial charge is 0.301 e. The van der Waals surface area contributed by atoms with Crippen LogP contribution in [0, 0.1) is 12.3 Å². The van der Waals surface area contributed by atoms with Crippen LogP contribution in [0.4, 0.5) is 5.82 Å². The zero-order chi connectivity index (χ0) is 8.97. The Bertz CT molecular complexity index is 321. The Morgan fingerprint density at radius 3 is 3.25 bits per heavy atom. The molecule has 4 heteroatoms. The van der Waals surface area contributed by atoms with Gasteiger partial charge in [-0.05, 0) is 12.8 Å². The fourth-order valence-electron chi connectivity index (χ4n) is 0.843. The minimum atomic E-state index is -0.454. The third-order valence-electron chi connectivity index (χ3n) is 1.39. The monoisotopic (exact) mass is 163 g/mol. The van der Waals surface area contributed by atoms with Crippen molar-refractivity contribution in [2.24, 2.45) is 0 Å². The topological polar surface area (TPSA) is 46.9 Å². The van der Waals surface area contributed by atoms with Crippen LogP contribution in [-0.2, 0) is 11.3 Å². The van der Waals surface area contributed by atoms with Gasteiger partial charge in [0.05, 0.1) is 6.20 Å². The molecule has 0 aliphatic rings. The van der Waals surface area contributed by atoms with E-state index in [1.807, 2.05) is 12.8 Å². The van der Waals surface area contributed by atoms with Crippen molar-refractivity contribution in [1.82, 2.24) is 9.78 Å². The van der Waals surface area contributed by atoms with Gasteiger partial charge in [-0.15, -0.1) is 6.42 Å². The standard InChI is InChI=1S/C8H9N3O/c1-3-8(12)10-7-5-6-9-11(7)4-2/h1,5-6H,4H2,2H3,(H,10,12). The van der Waals surface area contributed by atoms with Gasteiger partial charge in [0, 0.05) is 12.6 Å². The van der Waals surface area contributed by atoms with E-state index in [1.54, 1.807) is 16.9 Å². The average molecular weight is 163 g/mol. The first-order chi connectivity index (χ1) is 5.77. The number of terminal acetylenes is 1. The molecule has 0 bridgehead atoms. The van der Waals surface area contributed by atoms with Gasteiger partial charge in [0.25, 0.3) is 0 Å². The fraction of sp³-hybridized carbons (Fsp3) is 0.250. The Morgan fingerprint density at radius 1 is 1.92 bits per heavy atom. The van der Waals surface area contributed by atoms with Crippen molar-refractivity contribution in [3.63, 3.8) is 0 Å². The van der Waals surface area contributed by atoms with E-state index >= 15 is 0 Å². The minimum absolute atomic E-state index is 0.454.